The first-order valence-corrected chi connectivity index (χ1v) is 10.1. The van der Waals surface area contributed by atoms with Crippen LogP contribution >= 0.6 is 0 Å². The van der Waals surface area contributed by atoms with Crippen LogP contribution in [0.25, 0.3) is 23.0 Å². The van der Waals surface area contributed by atoms with Crippen molar-refractivity contribution in [2.45, 2.75) is 0 Å². The van der Waals surface area contributed by atoms with E-state index in [1.54, 1.807) is 87.2 Å². The zero-order valence-electron chi connectivity index (χ0n) is 18.1. The zero-order chi connectivity index (χ0) is 23.4. The molecule has 2 N–H and O–H groups in total. The van der Waals surface area contributed by atoms with Gasteiger partial charge in [0, 0.05) is 17.3 Å². The van der Waals surface area contributed by atoms with Crippen LogP contribution in [0.5, 0.6) is 17.2 Å². The van der Waals surface area contributed by atoms with Crippen molar-refractivity contribution < 1.29 is 19.4 Å². The highest BCUT2D eigenvalue weighted by atomic mass is 16.5. The number of hydrogen-bond donors (Lipinski definition) is 2. The van der Waals surface area contributed by atoms with Crippen LogP contribution in [0.2, 0.25) is 0 Å². The van der Waals surface area contributed by atoms with Crippen LogP contribution in [0.3, 0.4) is 0 Å². The average molecular weight is 442 g/mol. The summed E-state index contributed by atoms with van der Waals surface area (Å²) >= 11 is 0. The summed E-state index contributed by atoms with van der Waals surface area (Å²) in [6.07, 6.45) is 4.74. The molecule has 33 heavy (non-hydrogen) atoms. The van der Waals surface area contributed by atoms with Crippen molar-refractivity contribution in [1.82, 2.24) is 9.55 Å². The lowest BCUT2D eigenvalue weighted by atomic mass is 10.1. The summed E-state index contributed by atoms with van der Waals surface area (Å²) in [7, 11) is 3.11. The van der Waals surface area contributed by atoms with Crippen LogP contribution in [0.15, 0.2) is 83.8 Å². The summed E-state index contributed by atoms with van der Waals surface area (Å²) in [4.78, 5) is 28.1. The Hall–Kier alpha value is -4.52. The summed E-state index contributed by atoms with van der Waals surface area (Å²) in [6, 6.07) is 18.8. The Morgan fingerprint density at radius 3 is 2.52 bits per heavy atom. The topological polar surface area (TPSA) is 93.5 Å². The van der Waals surface area contributed by atoms with Gasteiger partial charge in [-0.05, 0) is 54.1 Å². The minimum Gasteiger partial charge on any atom is -0.508 e. The van der Waals surface area contributed by atoms with E-state index in [1.165, 1.54) is 10.6 Å². The van der Waals surface area contributed by atoms with Gasteiger partial charge in [-0.2, -0.15) is 0 Å². The Morgan fingerprint density at radius 2 is 1.76 bits per heavy atom. The fourth-order valence-corrected chi connectivity index (χ4v) is 3.44. The van der Waals surface area contributed by atoms with Crippen molar-refractivity contribution in [3.63, 3.8) is 0 Å². The van der Waals surface area contributed by atoms with Crippen LogP contribution in [-0.4, -0.2) is 34.7 Å². The maximum Gasteiger partial charge on any atom is 0.330 e. The van der Waals surface area contributed by atoms with Gasteiger partial charge in [0.1, 0.15) is 5.75 Å². The smallest absolute Gasteiger partial charge is 0.330 e. The Balaban J connectivity index is 1.62. The van der Waals surface area contributed by atoms with Gasteiger partial charge in [-0.25, -0.2) is 4.79 Å². The molecular weight excluding hydrogens is 420 g/mol. The predicted molar refractivity (Wildman–Crippen MR) is 126 cm³/mol. The number of aromatic nitrogens is 2. The van der Waals surface area contributed by atoms with Crippen molar-refractivity contribution in [2.75, 3.05) is 14.2 Å². The lowest BCUT2D eigenvalue weighted by Crippen LogP contribution is -2.14. The summed E-state index contributed by atoms with van der Waals surface area (Å²) in [6.45, 7) is 0. The molecule has 0 fully saturated rings. The number of phenolic OH excluding ortho intramolecular Hbond substituents is 1. The standard InChI is InChI=1S/C26H22N2O5/c1-32-24-12-10-18(15-25(24)33-2)22-16-28(26(31)27-22)20-7-4-6-19(14-20)23(30)11-9-17-5-3-8-21(29)13-17/h3-16,29H,1-2H3,(H,27,31)/b11-9+. The van der Waals surface area contributed by atoms with Gasteiger partial charge in [-0.15, -0.1) is 0 Å². The van der Waals surface area contributed by atoms with Crippen LogP contribution in [0.1, 0.15) is 15.9 Å². The number of aromatic amines is 1. The third-order valence-corrected chi connectivity index (χ3v) is 5.12. The molecule has 0 unspecified atom stereocenters. The summed E-state index contributed by atoms with van der Waals surface area (Å²) in [5.74, 6) is 1.05. The summed E-state index contributed by atoms with van der Waals surface area (Å²) in [5, 5.41) is 9.56. The molecule has 1 aromatic heterocycles. The summed E-state index contributed by atoms with van der Waals surface area (Å²) < 4.78 is 12.1. The van der Waals surface area contributed by atoms with Gasteiger partial charge in [-0.3, -0.25) is 9.36 Å². The number of phenols is 1. The molecule has 166 valence electrons. The highest BCUT2D eigenvalue weighted by Crippen LogP contribution is 2.31. The van der Waals surface area contributed by atoms with Crippen LogP contribution in [-0.2, 0) is 0 Å². The highest BCUT2D eigenvalue weighted by Gasteiger charge is 2.12. The van der Waals surface area contributed by atoms with E-state index < -0.39 is 0 Å². The third-order valence-electron chi connectivity index (χ3n) is 5.12. The normalized spacial score (nSPS) is 11.0. The number of ether oxygens (including phenoxy) is 2. The molecule has 0 radical (unpaired) electrons. The molecule has 0 aliphatic carbocycles. The van der Waals surface area contributed by atoms with Gasteiger partial charge < -0.3 is 19.6 Å². The average Bonchev–Trinajstić information content (AvgIpc) is 3.23. The maximum atomic E-state index is 12.7. The van der Waals surface area contributed by atoms with Gasteiger partial charge in [0.05, 0.1) is 25.6 Å². The number of nitrogens with zero attached hydrogens (tertiary/aromatic N) is 1. The molecule has 4 aromatic rings. The monoisotopic (exact) mass is 442 g/mol. The third kappa shape index (κ3) is 4.72. The second-order valence-electron chi connectivity index (χ2n) is 7.26. The molecule has 3 aromatic carbocycles. The number of carbonyl (C=O) groups is 1. The molecule has 0 aliphatic rings. The number of ketones is 1. The number of carbonyl (C=O) groups excluding carboxylic acids is 1. The number of benzene rings is 3. The number of allylic oxidation sites excluding steroid dienone is 1. The molecule has 4 rings (SSSR count). The van der Waals surface area contributed by atoms with E-state index in [-0.39, 0.29) is 17.2 Å². The highest BCUT2D eigenvalue weighted by molar-refractivity contribution is 6.07. The van der Waals surface area contributed by atoms with E-state index in [9.17, 15) is 14.7 Å². The van der Waals surface area contributed by atoms with E-state index in [0.717, 1.165) is 5.56 Å². The number of rotatable bonds is 7. The van der Waals surface area contributed by atoms with Crippen molar-refractivity contribution in [2.24, 2.45) is 0 Å². The van der Waals surface area contributed by atoms with Crippen LogP contribution in [0, 0.1) is 0 Å². The van der Waals surface area contributed by atoms with Crippen LogP contribution in [0.4, 0.5) is 0 Å². The lowest BCUT2D eigenvalue weighted by molar-refractivity contribution is 0.104. The van der Waals surface area contributed by atoms with Gasteiger partial charge in [0.2, 0.25) is 0 Å². The van der Waals surface area contributed by atoms with E-state index >= 15 is 0 Å². The number of imidazole rings is 1. The van der Waals surface area contributed by atoms with Gasteiger partial charge in [-0.1, -0.05) is 30.3 Å². The van der Waals surface area contributed by atoms with Crippen molar-refractivity contribution in [3.05, 3.63) is 101 Å². The van der Waals surface area contributed by atoms with Gasteiger partial charge >= 0.3 is 5.69 Å². The Bertz CT molecular complexity index is 1400. The SMILES string of the molecule is COc1ccc(-c2cn(-c3cccc(C(=O)/C=C/c4cccc(O)c4)c3)c(=O)[nH]2)cc1OC. The molecule has 0 aliphatic heterocycles. The maximum absolute atomic E-state index is 12.7. The molecule has 0 bridgehead atoms. The first kappa shape index (κ1) is 21.7. The fourth-order valence-electron chi connectivity index (χ4n) is 3.44. The Kier molecular flexibility index (Phi) is 6.13. The molecule has 0 atom stereocenters. The molecule has 0 amide bonds. The van der Waals surface area contributed by atoms with Gasteiger partial charge in [0.25, 0.3) is 0 Å². The van der Waals surface area contributed by atoms with Crippen LogP contribution < -0.4 is 15.2 Å². The minimum atomic E-state index is -0.334. The van der Waals surface area contributed by atoms with Crippen molar-refractivity contribution in [1.29, 1.82) is 0 Å². The number of methoxy groups -OCH3 is 2. The lowest BCUT2D eigenvalue weighted by Gasteiger charge is -2.08. The minimum absolute atomic E-state index is 0.128. The first-order chi connectivity index (χ1) is 16.0. The molecule has 0 spiro atoms. The second-order valence-corrected chi connectivity index (χ2v) is 7.26. The predicted octanol–water partition coefficient (Wildman–Crippen LogP) is 4.45. The second kappa shape index (κ2) is 9.32. The van der Waals surface area contributed by atoms with Crippen molar-refractivity contribution in [3.8, 4) is 34.2 Å². The molecule has 0 saturated heterocycles. The number of aromatic hydroxyl groups is 1. The van der Waals surface area contributed by atoms with E-state index in [1.807, 2.05) is 6.07 Å². The number of H-pyrrole nitrogens is 1. The quantitative estimate of drug-likeness (QED) is 0.326. The Labute approximate surface area is 190 Å². The number of hydrogen-bond acceptors (Lipinski definition) is 5. The zero-order valence-corrected chi connectivity index (χ0v) is 18.1. The van der Waals surface area contributed by atoms with E-state index in [4.69, 9.17) is 9.47 Å². The van der Waals surface area contributed by atoms with E-state index in [0.29, 0.717) is 34.0 Å². The largest absolute Gasteiger partial charge is 0.508 e. The van der Waals surface area contributed by atoms with E-state index in [2.05, 4.69) is 4.98 Å². The Morgan fingerprint density at radius 1 is 0.970 bits per heavy atom. The molecule has 1 heterocycles. The molecular formula is C26H22N2O5. The fraction of sp³-hybridized carbons (Fsp3) is 0.0769. The molecule has 7 nitrogen and oxygen atoms in total. The van der Waals surface area contributed by atoms with Crippen molar-refractivity contribution >= 4 is 11.9 Å². The molecule has 0 saturated carbocycles. The number of nitrogens with one attached hydrogen (secondary N) is 1. The first-order valence-electron chi connectivity index (χ1n) is 10.1. The summed E-state index contributed by atoms with van der Waals surface area (Å²) in [5.41, 5.74) is 2.72. The molecule has 7 heteroatoms. The van der Waals surface area contributed by atoms with Gasteiger partial charge in [0.15, 0.2) is 17.3 Å².